The van der Waals surface area contributed by atoms with Gasteiger partial charge in [0.1, 0.15) is 0 Å². The summed E-state index contributed by atoms with van der Waals surface area (Å²) in [6.07, 6.45) is 4.33. The van der Waals surface area contributed by atoms with Crippen molar-refractivity contribution in [2.75, 3.05) is 32.1 Å². The lowest BCUT2D eigenvalue weighted by molar-refractivity contribution is 0.412. The van der Waals surface area contributed by atoms with Gasteiger partial charge in [-0.25, -0.2) is 4.98 Å². The maximum Gasteiger partial charge on any atom is 0.171 e. The molecule has 1 atom stereocenters. The van der Waals surface area contributed by atoms with Gasteiger partial charge in [-0.05, 0) is 31.5 Å². The molecule has 1 fully saturated rings. The summed E-state index contributed by atoms with van der Waals surface area (Å²) in [4.78, 5) is 6.52. The van der Waals surface area contributed by atoms with Crippen LogP contribution in [-0.4, -0.2) is 38.3 Å². The van der Waals surface area contributed by atoms with Gasteiger partial charge in [-0.2, -0.15) is 0 Å². The molecule has 0 aliphatic carbocycles. The Bertz CT molecular complexity index is 337. The summed E-state index contributed by atoms with van der Waals surface area (Å²) in [5.41, 5.74) is 0. The zero-order valence-electron chi connectivity index (χ0n) is 9.94. The van der Waals surface area contributed by atoms with Crippen LogP contribution in [0.2, 0.25) is 0 Å². The molecule has 1 saturated heterocycles. The fraction of sp³-hybridized carbons (Fsp3) is 0.583. The van der Waals surface area contributed by atoms with Crippen molar-refractivity contribution in [3.63, 3.8) is 0 Å². The van der Waals surface area contributed by atoms with Crippen LogP contribution < -0.4 is 15.0 Å². The highest BCUT2D eigenvalue weighted by molar-refractivity contribution is 5.51. The summed E-state index contributed by atoms with van der Waals surface area (Å²) >= 11 is 0. The van der Waals surface area contributed by atoms with Crippen LogP contribution in [0.1, 0.15) is 12.8 Å². The average Bonchev–Trinajstić information content (AvgIpc) is 2.81. The maximum absolute atomic E-state index is 5.31. The molecule has 0 saturated carbocycles. The first-order chi connectivity index (χ1) is 7.81. The molecule has 0 radical (unpaired) electrons. The third kappa shape index (κ3) is 2.44. The van der Waals surface area contributed by atoms with E-state index in [1.165, 1.54) is 12.8 Å². The van der Waals surface area contributed by atoms with Crippen molar-refractivity contribution in [2.24, 2.45) is 0 Å². The maximum atomic E-state index is 5.31. The summed E-state index contributed by atoms with van der Waals surface area (Å²) in [7, 11) is 3.74. The van der Waals surface area contributed by atoms with E-state index in [0.717, 1.165) is 24.7 Å². The normalized spacial score (nSPS) is 19.8. The minimum Gasteiger partial charge on any atom is -0.493 e. The number of hydrogen-bond donors (Lipinski definition) is 1. The van der Waals surface area contributed by atoms with Crippen LogP contribution in [0.3, 0.4) is 0 Å². The Morgan fingerprint density at radius 1 is 1.62 bits per heavy atom. The molecule has 88 valence electrons. The minimum atomic E-state index is 0.580. The van der Waals surface area contributed by atoms with Gasteiger partial charge in [-0.15, -0.1) is 0 Å². The zero-order valence-corrected chi connectivity index (χ0v) is 9.94. The van der Waals surface area contributed by atoms with Gasteiger partial charge in [0.05, 0.1) is 7.11 Å². The van der Waals surface area contributed by atoms with Gasteiger partial charge >= 0.3 is 0 Å². The molecule has 1 aliphatic heterocycles. The van der Waals surface area contributed by atoms with Gasteiger partial charge in [0.25, 0.3) is 0 Å². The van der Waals surface area contributed by atoms with Crippen LogP contribution in [-0.2, 0) is 0 Å². The van der Waals surface area contributed by atoms with Crippen LogP contribution >= 0.6 is 0 Å². The van der Waals surface area contributed by atoms with E-state index < -0.39 is 0 Å². The Kier molecular flexibility index (Phi) is 3.62. The molecule has 4 nitrogen and oxygen atoms in total. The molecule has 16 heavy (non-hydrogen) atoms. The second-order valence-electron chi connectivity index (χ2n) is 4.20. The zero-order chi connectivity index (χ0) is 11.4. The standard InChI is InChI=1S/C12H19N3O/c1-15(9-10-5-3-7-13-10)12-11(16-2)6-4-8-14-12/h4,6,8,10,13H,3,5,7,9H2,1-2H3. The third-order valence-corrected chi connectivity index (χ3v) is 2.99. The van der Waals surface area contributed by atoms with Crippen molar-refractivity contribution in [3.05, 3.63) is 18.3 Å². The number of aromatic nitrogens is 1. The van der Waals surface area contributed by atoms with Crippen LogP contribution in [0.25, 0.3) is 0 Å². The minimum absolute atomic E-state index is 0.580. The molecular formula is C12H19N3O. The van der Waals surface area contributed by atoms with Crippen molar-refractivity contribution < 1.29 is 4.74 Å². The highest BCUT2D eigenvalue weighted by Crippen LogP contribution is 2.24. The van der Waals surface area contributed by atoms with E-state index in [9.17, 15) is 0 Å². The van der Waals surface area contributed by atoms with Gasteiger partial charge in [0.15, 0.2) is 11.6 Å². The molecule has 0 aromatic carbocycles. The molecule has 2 heterocycles. The molecule has 1 aliphatic rings. The molecule has 0 amide bonds. The predicted octanol–water partition coefficient (Wildman–Crippen LogP) is 1.28. The third-order valence-electron chi connectivity index (χ3n) is 2.99. The largest absolute Gasteiger partial charge is 0.493 e. The van der Waals surface area contributed by atoms with Crippen molar-refractivity contribution >= 4 is 5.82 Å². The van der Waals surface area contributed by atoms with E-state index in [1.807, 2.05) is 12.1 Å². The number of methoxy groups -OCH3 is 1. The smallest absolute Gasteiger partial charge is 0.171 e. The van der Waals surface area contributed by atoms with Crippen LogP contribution in [0, 0.1) is 0 Å². The number of nitrogens with zero attached hydrogens (tertiary/aromatic N) is 2. The Labute approximate surface area is 96.6 Å². The molecule has 0 spiro atoms. The summed E-state index contributed by atoms with van der Waals surface area (Å²) in [5.74, 6) is 1.75. The number of rotatable bonds is 4. The SMILES string of the molecule is COc1cccnc1N(C)CC1CCCN1. The van der Waals surface area contributed by atoms with Crippen molar-refractivity contribution in [2.45, 2.75) is 18.9 Å². The fourth-order valence-corrected chi connectivity index (χ4v) is 2.16. The molecule has 0 bridgehead atoms. The topological polar surface area (TPSA) is 37.4 Å². The lowest BCUT2D eigenvalue weighted by Gasteiger charge is -2.23. The number of nitrogens with one attached hydrogen (secondary N) is 1. The summed E-state index contributed by atoms with van der Waals surface area (Å²) in [6, 6.07) is 4.42. The first kappa shape index (κ1) is 11.2. The van der Waals surface area contributed by atoms with Gasteiger partial charge in [0.2, 0.25) is 0 Å². The number of pyridine rings is 1. The first-order valence-electron chi connectivity index (χ1n) is 5.75. The second kappa shape index (κ2) is 5.16. The summed E-state index contributed by atoms with van der Waals surface area (Å²) in [6.45, 7) is 2.12. The number of ether oxygens (including phenoxy) is 1. The van der Waals surface area contributed by atoms with E-state index in [1.54, 1.807) is 13.3 Å². The van der Waals surface area contributed by atoms with Crippen LogP contribution in [0.5, 0.6) is 5.75 Å². The van der Waals surface area contributed by atoms with E-state index >= 15 is 0 Å². The van der Waals surface area contributed by atoms with Crippen LogP contribution in [0.15, 0.2) is 18.3 Å². The Morgan fingerprint density at radius 2 is 2.50 bits per heavy atom. The van der Waals surface area contributed by atoms with Crippen molar-refractivity contribution in [1.82, 2.24) is 10.3 Å². The molecule has 1 aromatic heterocycles. The van der Waals surface area contributed by atoms with E-state index in [4.69, 9.17) is 4.74 Å². The Balaban J connectivity index is 2.04. The number of hydrogen-bond acceptors (Lipinski definition) is 4. The lowest BCUT2D eigenvalue weighted by atomic mass is 10.2. The number of likely N-dealkylation sites (N-methyl/N-ethyl adjacent to an activating group) is 1. The molecule has 1 aromatic rings. The van der Waals surface area contributed by atoms with Gasteiger partial charge in [-0.1, -0.05) is 0 Å². The second-order valence-corrected chi connectivity index (χ2v) is 4.20. The van der Waals surface area contributed by atoms with Crippen molar-refractivity contribution in [1.29, 1.82) is 0 Å². The van der Waals surface area contributed by atoms with E-state index in [0.29, 0.717) is 6.04 Å². The Hall–Kier alpha value is -1.29. The van der Waals surface area contributed by atoms with Gasteiger partial charge < -0.3 is 15.0 Å². The average molecular weight is 221 g/mol. The quantitative estimate of drug-likeness (QED) is 0.831. The number of anilines is 1. The van der Waals surface area contributed by atoms with E-state index in [2.05, 4.69) is 22.2 Å². The highest BCUT2D eigenvalue weighted by atomic mass is 16.5. The summed E-state index contributed by atoms with van der Waals surface area (Å²) in [5, 5.41) is 3.48. The molecule has 2 rings (SSSR count). The highest BCUT2D eigenvalue weighted by Gasteiger charge is 2.18. The molecule has 1 N–H and O–H groups in total. The predicted molar refractivity (Wildman–Crippen MR) is 65.1 cm³/mol. The molecule has 4 heteroatoms. The summed E-state index contributed by atoms with van der Waals surface area (Å²) < 4.78 is 5.31. The van der Waals surface area contributed by atoms with Crippen LogP contribution in [0.4, 0.5) is 5.82 Å². The van der Waals surface area contributed by atoms with Crippen molar-refractivity contribution in [3.8, 4) is 5.75 Å². The fourth-order valence-electron chi connectivity index (χ4n) is 2.16. The van der Waals surface area contributed by atoms with Gasteiger partial charge in [-0.3, -0.25) is 0 Å². The monoisotopic (exact) mass is 221 g/mol. The van der Waals surface area contributed by atoms with Gasteiger partial charge in [0, 0.05) is 25.8 Å². The Morgan fingerprint density at radius 3 is 3.19 bits per heavy atom. The first-order valence-corrected chi connectivity index (χ1v) is 5.75. The van der Waals surface area contributed by atoms with E-state index in [-0.39, 0.29) is 0 Å². The lowest BCUT2D eigenvalue weighted by Crippen LogP contribution is -2.35. The molecule has 1 unspecified atom stereocenters. The molecular weight excluding hydrogens is 202 g/mol.